The first-order valence-corrected chi connectivity index (χ1v) is 7.89. The second kappa shape index (κ2) is 6.83. The van der Waals surface area contributed by atoms with Crippen molar-refractivity contribution < 1.29 is 19.0 Å². The maximum absolute atomic E-state index is 12.3. The Labute approximate surface area is 141 Å². The number of fused-ring (bicyclic) bond motifs is 1. The van der Waals surface area contributed by atoms with Crippen molar-refractivity contribution >= 4 is 11.6 Å². The molecule has 1 aliphatic rings. The number of methoxy groups -OCH3 is 2. The molecular formula is C19H21NO4. The van der Waals surface area contributed by atoms with Crippen LogP contribution in [-0.4, -0.2) is 26.2 Å². The van der Waals surface area contributed by atoms with Gasteiger partial charge in [-0.15, -0.1) is 0 Å². The van der Waals surface area contributed by atoms with Crippen molar-refractivity contribution in [3.63, 3.8) is 0 Å². The number of carbonyl (C=O) groups excluding carboxylic acids is 1. The SMILES string of the molecule is COc1ccc(CC(=O)Nc2ccc3c(c2)CC(C)O3)c(OC)c1. The Balaban J connectivity index is 1.69. The second-order valence-electron chi connectivity index (χ2n) is 5.86. The van der Waals surface area contributed by atoms with Crippen LogP contribution in [0.3, 0.4) is 0 Å². The molecular weight excluding hydrogens is 306 g/mol. The molecule has 0 saturated heterocycles. The maximum atomic E-state index is 12.3. The monoisotopic (exact) mass is 327 g/mol. The molecule has 3 rings (SSSR count). The summed E-state index contributed by atoms with van der Waals surface area (Å²) in [5.74, 6) is 2.15. The van der Waals surface area contributed by atoms with E-state index in [1.807, 2.05) is 37.3 Å². The third-order valence-electron chi connectivity index (χ3n) is 4.03. The van der Waals surface area contributed by atoms with Gasteiger partial charge in [-0.25, -0.2) is 0 Å². The van der Waals surface area contributed by atoms with Crippen LogP contribution in [0.4, 0.5) is 5.69 Å². The molecule has 0 fully saturated rings. The van der Waals surface area contributed by atoms with Crippen molar-refractivity contribution in [2.24, 2.45) is 0 Å². The Hall–Kier alpha value is -2.69. The summed E-state index contributed by atoms with van der Waals surface area (Å²) in [6, 6.07) is 11.2. The molecule has 126 valence electrons. The van der Waals surface area contributed by atoms with E-state index in [0.29, 0.717) is 11.5 Å². The average molecular weight is 327 g/mol. The fourth-order valence-electron chi connectivity index (χ4n) is 2.88. The van der Waals surface area contributed by atoms with Crippen LogP contribution in [0.5, 0.6) is 17.2 Å². The average Bonchev–Trinajstić information content (AvgIpc) is 2.94. The van der Waals surface area contributed by atoms with E-state index in [0.717, 1.165) is 29.0 Å². The van der Waals surface area contributed by atoms with Crippen LogP contribution < -0.4 is 19.5 Å². The molecule has 0 saturated carbocycles. The highest BCUT2D eigenvalue weighted by Crippen LogP contribution is 2.31. The van der Waals surface area contributed by atoms with Crippen LogP contribution in [-0.2, 0) is 17.6 Å². The molecule has 2 aromatic rings. The van der Waals surface area contributed by atoms with Gasteiger partial charge in [0, 0.05) is 23.7 Å². The van der Waals surface area contributed by atoms with Crippen LogP contribution in [0, 0.1) is 0 Å². The molecule has 5 heteroatoms. The van der Waals surface area contributed by atoms with E-state index in [4.69, 9.17) is 14.2 Å². The summed E-state index contributed by atoms with van der Waals surface area (Å²) in [5, 5.41) is 2.93. The van der Waals surface area contributed by atoms with E-state index < -0.39 is 0 Å². The number of benzene rings is 2. The van der Waals surface area contributed by atoms with Gasteiger partial charge in [0.05, 0.1) is 20.6 Å². The minimum Gasteiger partial charge on any atom is -0.497 e. The van der Waals surface area contributed by atoms with Crippen LogP contribution in [0.25, 0.3) is 0 Å². The van der Waals surface area contributed by atoms with Gasteiger partial charge in [-0.1, -0.05) is 6.07 Å². The van der Waals surface area contributed by atoms with Gasteiger partial charge in [0.2, 0.25) is 5.91 Å². The topological polar surface area (TPSA) is 56.8 Å². The fourth-order valence-corrected chi connectivity index (χ4v) is 2.88. The van der Waals surface area contributed by atoms with E-state index in [2.05, 4.69) is 5.32 Å². The number of carbonyl (C=O) groups is 1. The van der Waals surface area contributed by atoms with Crippen LogP contribution in [0.1, 0.15) is 18.1 Å². The van der Waals surface area contributed by atoms with Gasteiger partial charge >= 0.3 is 0 Å². The summed E-state index contributed by atoms with van der Waals surface area (Å²) >= 11 is 0. The number of amides is 1. The molecule has 2 aromatic carbocycles. The van der Waals surface area contributed by atoms with Crippen molar-refractivity contribution in [1.29, 1.82) is 0 Å². The third kappa shape index (κ3) is 3.45. The quantitative estimate of drug-likeness (QED) is 0.916. The lowest BCUT2D eigenvalue weighted by Crippen LogP contribution is -2.15. The Morgan fingerprint density at radius 1 is 1.21 bits per heavy atom. The summed E-state index contributed by atoms with van der Waals surface area (Å²) in [6.45, 7) is 2.04. The van der Waals surface area contributed by atoms with Crippen molar-refractivity contribution in [1.82, 2.24) is 0 Å². The van der Waals surface area contributed by atoms with Gasteiger partial charge < -0.3 is 19.5 Å². The summed E-state index contributed by atoms with van der Waals surface area (Å²) < 4.78 is 16.2. The summed E-state index contributed by atoms with van der Waals surface area (Å²) in [6.07, 6.45) is 1.29. The number of rotatable bonds is 5. The number of ether oxygens (including phenoxy) is 3. The van der Waals surface area contributed by atoms with Crippen molar-refractivity contribution in [2.75, 3.05) is 19.5 Å². The molecule has 0 radical (unpaired) electrons. The Morgan fingerprint density at radius 2 is 2.04 bits per heavy atom. The standard InChI is InChI=1S/C19H21NO4/c1-12-8-14-9-15(5-7-17(14)24-12)20-19(21)10-13-4-6-16(22-2)11-18(13)23-3/h4-7,9,11-12H,8,10H2,1-3H3,(H,20,21). The zero-order valence-electron chi connectivity index (χ0n) is 14.1. The van der Waals surface area contributed by atoms with E-state index in [1.165, 1.54) is 0 Å². The van der Waals surface area contributed by atoms with Crippen molar-refractivity contribution in [3.8, 4) is 17.2 Å². The van der Waals surface area contributed by atoms with Gasteiger partial charge in [0.15, 0.2) is 0 Å². The van der Waals surface area contributed by atoms with Gasteiger partial charge in [-0.3, -0.25) is 4.79 Å². The van der Waals surface area contributed by atoms with Gasteiger partial charge in [-0.2, -0.15) is 0 Å². The smallest absolute Gasteiger partial charge is 0.228 e. The number of nitrogens with one attached hydrogen (secondary N) is 1. The van der Waals surface area contributed by atoms with Crippen molar-refractivity contribution in [3.05, 3.63) is 47.5 Å². The molecule has 1 unspecified atom stereocenters. The first-order valence-electron chi connectivity index (χ1n) is 7.89. The number of anilines is 1. The molecule has 0 aliphatic carbocycles. The molecule has 1 N–H and O–H groups in total. The van der Waals surface area contributed by atoms with Gasteiger partial charge in [0.1, 0.15) is 23.4 Å². The summed E-state index contributed by atoms with van der Waals surface area (Å²) in [5.41, 5.74) is 2.72. The zero-order chi connectivity index (χ0) is 17.1. The van der Waals surface area contributed by atoms with Crippen LogP contribution in [0.15, 0.2) is 36.4 Å². The molecule has 1 aliphatic heterocycles. The molecule has 0 bridgehead atoms. The number of hydrogen-bond acceptors (Lipinski definition) is 4. The first kappa shape index (κ1) is 16.2. The minimum atomic E-state index is -0.0922. The molecule has 5 nitrogen and oxygen atoms in total. The Morgan fingerprint density at radius 3 is 2.79 bits per heavy atom. The lowest BCUT2D eigenvalue weighted by atomic mass is 10.1. The highest BCUT2D eigenvalue weighted by molar-refractivity contribution is 5.92. The molecule has 0 spiro atoms. The lowest BCUT2D eigenvalue weighted by Gasteiger charge is -2.11. The van der Waals surface area contributed by atoms with Crippen molar-refractivity contribution in [2.45, 2.75) is 25.9 Å². The van der Waals surface area contributed by atoms with Gasteiger partial charge in [0.25, 0.3) is 0 Å². The normalized spacial score (nSPS) is 15.4. The highest BCUT2D eigenvalue weighted by atomic mass is 16.5. The Kier molecular flexibility index (Phi) is 4.60. The fraction of sp³-hybridized carbons (Fsp3) is 0.316. The largest absolute Gasteiger partial charge is 0.497 e. The summed E-state index contributed by atoms with van der Waals surface area (Å²) in [4.78, 5) is 12.3. The number of hydrogen-bond donors (Lipinski definition) is 1. The molecule has 1 amide bonds. The lowest BCUT2D eigenvalue weighted by molar-refractivity contribution is -0.115. The molecule has 0 aromatic heterocycles. The van der Waals surface area contributed by atoms with E-state index >= 15 is 0 Å². The van der Waals surface area contributed by atoms with E-state index in [1.54, 1.807) is 20.3 Å². The second-order valence-corrected chi connectivity index (χ2v) is 5.86. The summed E-state index contributed by atoms with van der Waals surface area (Å²) in [7, 11) is 3.18. The predicted octanol–water partition coefficient (Wildman–Crippen LogP) is 3.21. The third-order valence-corrected chi connectivity index (χ3v) is 4.03. The molecule has 1 heterocycles. The highest BCUT2D eigenvalue weighted by Gasteiger charge is 2.19. The van der Waals surface area contributed by atoms with E-state index in [9.17, 15) is 4.79 Å². The molecule has 24 heavy (non-hydrogen) atoms. The van der Waals surface area contributed by atoms with Gasteiger partial charge in [-0.05, 0) is 36.8 Å². The maximum Gasteiger partial charge on any atom is 0.228 e. The minimum absolute atomic E-state index is 0.0922. The first-order chi connectivity index (χ1) is 11.6. The van der Waals surface area contributed by atoms with E-state index in [-0.39, 0.29) is 18.4 Å². The zero-order valence-corrected chi connectivity index (χ0v) is 14.1. The van der Waals surface area contributed by atoms with Crippen LogP contribution in [0.2, 0.25) is 0 Å². The predicted molar refractivity (Wildman–Crippen MR) is 92.1 cm³/mol. The Bertz CT molecular complexity index is 757. The van der Waals surface area contributed by atoms with Crippen LogP contribution >= 0.6 is 0 Å². The molecule has 1 atom stereocenters.